The second-order valence-corrected chi connectivity index (χ2v) is 9.21. The molecule has 2 aromatic carbocycles. The van der Waals surface area contributed by atoms with E-state index in [9.17, 15) is 14.4 Å². The molecule has 0 bridgehead atoms. The SMILES string of the molecule is C=CC(=O)OCCCCOC(=O)C1CCC(C(=O)Oc2ccc(CCc3ccc(OC)cc3)cc2)CC1. The summed E-state index contributed by atoms with van der Waals surface area (Å²) in [5.41, 5.74) is 2.41. The quantitative estimate of drug-likeness (QED) is 0.158. The molecule has 0 radical (unpaired) electrons. The van der Waals surface area contributed by atoms with E-state index in [2.05, 4.69) is 18.7 Å². The lowest BCUT2D eigenvalue weighted by Gasteiger charge is -2.25. The summed E-state index contributed by atoms with van der Waals surface area (Å²) in [5, 5.41) is 0. The highest BCUT2D eigenvalue weighted by molar-refractivity contribution is 5.81. The number of benzene rings is 2. The monoisotopic (exact) mass is 508 g/mol. The van der Waals surface area contributed by atoms with Gasteiger partial charge < -0.3 is 18.9 Å². The van der Waals surface area contributed by atoms with Gasteiger partial charge in [0.15, 0.2) is 0 Å². The van der Waals surface area contributed by atoms with E-state index in [-0.39, 0.29) is 30.4 Å². The van der Waals surface area contributed by atoms with Crippen molar-refractivity contribution in [1.82, 2.24) is 0 Å². The van der Waals surface area contributed by atoms with Gasteiger partial charge in [0.25, 0.3) is 0 Å². The summed E-state index contributed by atoms with van der Waals surface area (Å²) in [6, 6.07) is 15.7. The minimum atomic E-state index is -0.454. The molecule has 3 rings (SSSR count). The Morgan fingerprint density at radius 2 is 1.24 bits per heavy atom. The molecule has 2 aromatic rings. The fourth-order valence-electron chi connectivity index (χ4n) is 4.30. The van der Waals surface area contributed by atoms with Crippen LogP contribution in [0.15, 0.2) is 61.2 Å². The van der Waals surface area contributed by atoms with E-state index in [0.717, 1.165) is 24.7 Å². The summed E-state index contributed by atoms with van der Waals surface area (Å²) in [7, 11) is 1.66. The average molecular weight is 509 g/mol. The molecule has 7 heteroatoms. The first-order chi connectivity index (χ1) is 18.0. The van der Waals surface area contributed by atoms with Crippen LogP contribution in [0.5, 0.6) is 11.5 Å². The molecule has 0 aromatic heterocycles. The van der Waals surface area contributed by atoms with Gasteiger partial charge >= 0.3 is 17.9 Å². The Balaban J connectivity index is 1.32. The van der Waals surface area contributed by atoms with Gasteiger partial charge in [0, 0.05) is 6.08 Å². The molecule has 7 nitrogen and oxygen atoms in total. The molecule has 37 heavy (non-hydrogen) atoms. The normalized spacial score (nSPS) is 16.9. The lowest BCUT2D eigenvalue weighted by atomic mass is 9.82. The zero-order valence-electron chi connectivity index (χ0n) is 21.5. The molecular weight excluding hydrogens is 472 g/mol. The second kappa shape index (κ2) is 14.8. The maximum atomic E-state index is 12.6. The number of carbonyl (C=O) groups excluding carboxylic acids is 3. The van der Waals surface area contributed by atoms with Crippen molar-refractivity contribution in [1.29, 1.82) is 0 Å². The van der Waals surface area contributed by atoms with Gasteiger partial charge in [-0.15, -0.1) is 0 Å². The molecular formula is C30H36O7. The summed E-state index contributed by atoms with van der Waals surface area (Å²) in [4.78, 5) is 35.9. The maximum absolute atomic E-state index is 12.6. The Morgan fingerprint density at radius 3 is 1.76 bits per heavy atom. The number of esters is 3. The average Bonchev–Trinajstić information content (AvgIpc) is 2.94. The lowest BCUT2D eigenvalue weighted by molar-refractivity contribution is -0.152. The minimum absolute atomic E-state index is 0.187. The molecule has 0 unspecified atom stereocenters. The fourth-order valence-corrected chi connectivity index (χ4v) is 4.30. The third kappa shape index (κ3) is 9.41. The van der Waals surface area contributed by atoms with E-state index < -0.39 is 5.97 Å². The van der Waals surface area contributed by atoms with Crippen LogP contribution < -0.4 is 9.47 Å². The molecule has 0 N–H and O–H groups in total. The molecule has 0 heterocycles. The van der Waals surface area contributed by atoms with Gasteiger partial charge in [-0.1, -0.05) is 30.8 Å². The third-order valence-electron chi connectivity index (χ3n) is 6.59. The Labute approximate surface area is 218 Å². The van der Waals surface area contributed by atoms with Gasteiger partial charge in [-0.2, -0.15) is 0 Å². The van der Waals surface area contributed by atoms with Crippen molar-refractivity contribution in [3.63, 3.8) is 0 Å². The Hall–Kier alpha value is -3.61. The van der Waals surface area contributed by atoms with Crippen LogP contribution >= 0.6 is 0 Å². The van der Waals surface area contributed by atoms with Gasteiger partial charge in [0.1, 0.15) is 11.5 Å². The molecule has 0 atom stereocenters. The lowest BCUT2D eigenvalue weighted by Crippen LogP contribution is -2.29. The number of hydrogen-bond donors (Lipinski definition) is 0. The summed E-state index contributed by atoms with van der Waals surface area (Å²) in [6.07, 6.45) is 6.61. The number of rotatable bonds is 13. The van der Waals surface area contributed by atoms with E-state index in [1.165, 1.54) is 11.1 Å². The predicted octanol–water partition coefficient (Wildman–Crippen LogP) is 5.24. The number of methoxy groups -OCH3 is 1. The molecule has 1 aliphatic carbocycles. The van der Waals surface area contributed by atoms with Crippen LogP contribution in [-0.2, 0) is 36.7 Å². The summed E-state index contributed by atoms with van der Waals surface area (Å²) in [5.74, 6) is 0.0716. The highest BCUT2D eigenvalue weighted by Crippen LogP contribution is 2.31. The van der Waals surface area contributed by atoms with Crippen LogP contribution in [0.4, 0.5) is 0 Å². The van der Waals surface area contributed by atoms with Crippen molar-refractivity contribution < 1.29 is 33.3 Å². The highest BCUT2D eigenvalue weighted by atomic mass is 16.5. The number of ether oxygens (including phenoxy) is 4. The van der Waals surface area contributed by atoms with Gasteiger partial charge in [-0.3, -0.25) is 9.59 Å². The Morgan fingerprint density at radius 1 is 0.757 bits per heavy atom. The first-order valence-corrected chi connectivity index (χ1v) is 12.9. The van der Waals surface area contributed by atoms with Crippen molar-refractivity contribution in [3.05, 3.63) is 72.3 Å². The van der Waals surface area contributed by atoms with Crippen LogP contribution in [0, 0.1) is 11.8 Å². The summed E-state index contributed by atoms with van der Waals surface area (Å²) >= 11 is 0. The number of unbranched alkanes of at least 4 members (excludes halogenated alkanes) is 1. The van der Waals surface area contributed by atoms with Crippen molar-refractivity contribution in [3.8, 4) is 11.5 Å². The van der Waals surface area contributed by atoms with Crippen molar-refractivity contribution in [2.75, 3.05) is 20.3 Å². The summed E-state index contributed by atoms with van der Waals surface area (Å²) in [6.45, 7) is 3.91. The van der Waals surface area contributed by atoms with Crippen LogP contribution in [0.25, 0.3) is 0 Å². The van der Waals surface area contributed by atoms with Crippen LogP contribution in [0.1, 0.15) is 49.7 Å². The molecule has 1 fully saturated rings. The third-order valence-corrected chi connectivity index (χ3v) is 6.59. The predicted molar refractivity (Wildman–Crippen MR) is 139 cm³/mol. The first kappa shape index (κ1) is 28.0. The summed E-state index contributed by atoms with van der Waals surface area (Å²) < 4.78 is 21.0. The van der Waals surface area contributed by atoms with Crippen LogP contribution in [0.3, 0.4) is 0 Å². The van der Waals surface area contributed by atoms with Gasteiger partial charge in [0.05, 0.1) is 32.2 Å². The Bertz CT molecular complexity index is 1020. The Kier molecular flexibility index (Phi) is 11.2. The zero-order valence-corrected chi connectivity index (χ0v) is 21.5. The molecule has 1 saturated carbocycles. The van der Waals surface area contributed by atoms with Crippen LogP contribution in [-0.4, -0.2) is 38.2 Å². The molecule has 198 valence electrons. The number of aryl methyl sites for hydroxylation is 2. The number of carbonyl (C=O) groups is 3. The van der Waals surface area contributed by atoms with Gasteiger partial charge in [0.2, 0.25) is 0 Å². The standard InChI is InChI=1S/C30H36O7/c1-3-28(31)35-20-4-5-21-36-29(32)24-12-14-25(15-13-24)30(33)37-27-18-10-23(11-19-27)7-6-22-8-16-26(34-2)17-9-22/h3,8-11,16-19,24-25H,1,4-7,12-15,20-21H2,2H3. The van der Waals surface area contributed by atoms with Crippen molar-refractivity contribution in [2.45, 2.75) is 51.4 Å². The van der Waals surface area contributed by atoms with E-state index in [4.69, 9.17) is 18.9 Å². The first-order valence-electron chi connectivity index (χ1n) is 12.9. The van der Waals surface area contributed by atoms with Crippen molar-refractivity contribution in [2.24, 2.45) is 11.8 Å². The topological polar surface area (TPSA) is 88.1 Å². The van der Waals surface area contributed by atoms with E-state index in [0.29, 0.717) is 50.9 Å². The minimum Gasteiger partial charge on any atom is -0.497 e. The highest BCUT2D eigenvalue weighted by Gasteiger charge is 2.31. The fraction of sp³-hybridized carbons (Fsp3) is 0.433. The van der Waals surface area contributed by atoms with Gasteiger partial charge in [-0.05, 0) is 86.8 Å². The molecule has 0 spiro atoms. The zero-order chi connectivity index (χ0) is 26.5. The van der Waals surface area contributed by atoms with Crippen LogP contribution in [0.2, 0.25) is 0 Å². The van der Waals surface area contributed by atoms with E-state index in [1.54, 1.807) is 7.11 Å². The second-order valence-electron chi connectivity index (χ2n) is 9.21. The van der Waals surface area contributed by atoms with Gasteiger partial charge in [-0.25, -0.2) is 4.79 Å². The van der Waals surface area contributed by atoms with E-state index in [1.807, 2.05) is 36.4 Å². The molecule has 0 saturated heterocycles. The molecule has 1 aliphatic rings. The number of hydrogen-bond acceptors (Lipinski definition) is 7. The maximum Gasteiger partial charge on any atom is 0.330 e. The van der Waals surface area contributed by atoms with Crippen molar-refractivity contribution >= 4 is 17.9 Å². The van der Waals surface area contributed by atoms with E-state index >= 15 is 0 Å². The molecule has 0 aliphatic heterocycles. The molecule has 0 amide bonds. The smallest absolute Gasteiger partial charge is 0.330 e. The largest absolute Gasteiger partial charge is 0.497 e.